The molecule has 4 atom stereocenters. The van der Waals surface area contributed by atoms with Gasteiger partial charge in [0.05, 0.1) is 13.0 Å². The number of hydrogen-bond acceptors (Lipinski definition) is 7. The highest BCUT2D eigenvalue weighted by atomic mass is 16.4. The third-order valence-electron chi connectivity index (χ3n) is 7.79. The molecule has 0 aliphatic carbocycles. The van der Waals surface area contributed by atoms with Crippen molar-refractivity contribution >= 4 is 23.7 Å². The third kappa shape index (κ3) is 14.3. The number of aliphatic hydroxyl groups is 1. The number of imidazole rings is 1. The van der Waals surface area contributed by atoms with Gasteiger partial charge in [-0.15, -0.1) is 0 Å². The second kappa shape index (κ2) is 21.1. The molecule has 252 valence electrons. The smallest absolute Gasteiger partial charge is 0.326 e. The molecule has 0 saturated heterocycles. The summed E-state index contributed by atoms with van der Waals surface area (Å²) in [5.41, 5.74) is 7.50. The Morgan fingerprint density at radius 1 is 0.933 bits per heavy atom. The van der Waals surface area contributed by atoms with E-state index in [2.05, 4.69) is 25.5 Å². The molecule has 0 fully saturated rings. The maximum absolute atomic E-state index is 13.0. The van der Waals surface area contributed by atoms with Crippen molar-refractivity contribution < 1.29 is 29.4 Å². The summed E-state index contributed by atoms with van der Waals surface area (Å²) in [6.07, 6.45) is 9.12. The number of aliphatic hydroxyl groups excluding tert-OH is 1. The van der Waals surface area contributed by atoms with Crippen LogP contribution in [0.15, 0.2) is 36.7 Å². The number of benzene rings is 1. The van der Waals surface area contributed by atoms with Crippen LogP contribution >= 0.6 is 0 Å². The highest BCUT2D eigenvalue weighted by Gasteiger charge is 2.29. The van der Waals surface area contributed by atoms with Crippen molar-refractivity contribution in [3.63, 3.8) is 0 Å². The summed E-state index contributed by atoms with van der Waals surface area (Å²) in [5.74, 6) is -1.89. The zero-order valence-corrected chi connectivity index (χ0v) is 26.3. The molecule has 12 heteroatoms. The third-order valence-corrected chi connectivity index (χ3v) is 7.79. The number of carboxylic acids is 1. The minimum Gasteiger partial charge on any atom is -0.480 e. The first-order valence-electron chi connectivity index (χ1n) is 15.6. The van der Waals surface area contributed by atoms with Crippen LogP contribution in [0.2, 0.25) is 0 Å². The van der Waals surface area contributed by atoms with Gasteiger partial charge in [0.15, 0.2) is 0 Å². The van der Waals surface area contributed by atoms with Crippen molar-refractivity contribution in [2.24, 2.45) is 11.7 Å². The molecule has 1 heterocycles. The number of nitrogens with zero attached hydrogens (tertiary/aromatic N) is 2. The topological polar surface area (TPSA) is 189 Å². The quantitative estimate of drug-likeness (QED) is 0.113. The van der Waals surface area contributed by atoms with Gasteiger partial charge in [-0.05, 0) is 75.5 Å². The minimum atomic E-state index is -1.28. The van der Waals surface area contributed by atoms with Gasteiger partial charge in [-0.1, -0.05) is 52.0 Å². The maximum atomic E-state index is 13.0. The van der Waals surface area contributed by atoms with Gasteiger partial charge in [-0.25, -0.2) is 9.78 Å². The van der Waals surface area contributed by atoms with E-state index in [1.54, 1.807) is 6.20 Å². The summed E-state index contributed by atoms with van der Waals surface area (Å²) in [4.78, 5) is 54.8. The molecule has 0 saturated carbocycles. The SMILES string of the molecule is C.CCC(C)C[C@H](NC(=O)[C@H](CCCCN)NC(=O)[C@H](CO)NC(=O)Cc1ccc(CCCCn2ccnc2C)cc1)C(=O)O. The summed E-state index contributed by atoms with van der Waals surface area (Å²) < 4.78 is 2.13. The molecule has 12 nitrogen and oxygen atoms in total. The summed E-state index contributed by atoms with van der Waals surface area (Å²) in [6, 6.07) is 4.29. The fraction of sp³-hybridized carbons (Fsp3) is 0.606. The van der Waals surface area contributed by atoms with Crippen molar-refractivity contribution in [1.29, 1.82) is 0 Å². The Hall–Kier alpha value is -3.77. The normalized spacial score (nSPS) is 13.5. The number of carbonyl (C=O) groups excluding carboxylic acids is 3. The monoisotopic (exact) mass is 630 g/mol. The number of aromatic nitrogens is 2. The van der Waals surface area contributed by atoms with Crippen molar-refractivity contribution in [3.8, 4) is 0 Å². The molecule has 1 aromatic carbocycles. The van der Waals surface area contributed by atoms with Crippen LogP contribution in [0.1, 0.15) is 83.2 Å². The van der Waals surface area contributed by atoms with Crippen molar-refractivity contribution in [2.75, 3.05) is 13.2 Å². The average molecular weight is 631 g/mol. The van der Waals surface area contributed by atoms with Crippen LogP contribution in [0.4, 0.5) is 0 Å². The Morgan fingerprint density at radius 2 is 1.58 bits per heavy atom. The van der Waals surface area contributed by atoms with Gasteiger partial charge in [0.1, 0.15) is 23.9 Å². The van der Waals surface area contributed by atoms with Crippen LogP contribution in [0.3, 0.4) is 0 Å². The largest absolute Gasteiger partial charge is 0.480 e. The summed E-state index contributed by atoms with van der Waals surface area (Å²) in [6.45, 7) is 6.47. The van der Waals surface area contributed by atoms with Crippen LogP contribution in [0.25, 0.3) is 0 Å². The van der Waals surface area contributed by atoms with E-state index in [0.717, 1.165) is 49.2 Å². The number of hydrogen-bond donors (Lipinski definition) is 6. The van der Waals surface area contributed by atoms with E-state index < -0.39 is 48.4 Å². The molecule has 3 amide bonds. The van der Waals surface area contributed by atoms with Crippen LogP contribution in [-0.2, 0) is 38.6 Å². The molecule has 0 spiro atoms. The first-order valence-corrected chi connectivity index (χ1v) is 15.6. The molecule has 1 unspecified atom stereocenters. The predicted octanol–water partition coefficient (Wildman–Crippen LogP) is 2.49. The zero-order valence-electron chi connectivity index (χ0n) is 26.3. The molecular formula is C33H54N6O6. The fourth-order valence-corrected chi connectivity index (χ4v) is 4.80. The van der Waals surface area contributed by atoms with E-state index in [-0.39, 0.29) is 32.6 Å². The van der Waals surface area contributed by atoms with E-state index in [4.69, 9.17) is 5.73 Å². The van der Waals surface area contributed by atoms with Crippen LogP contribution in [0.5, 0.6) is 0 Å². The zero-order chi connectivity index (χ0) is 32.5. The first-order chi connectivity index (χ1) is 21.1. The number of rotatable bonds is 21. The second-order valence-electron chi connectivity index (χ2n) is 11.4. The molecular weight excluding hydrogens is 576 g/mol. The molecule has 2 aromatic rings. The van der Waals surface area contributed by atoms with E-state index in [1.165, 1.54) is 0 Å². The van der Waals surface area contributed by atoms with Crippen LogP contribution in [0, 0.1) is 12.8 Å². The van der Waals surface area contributed by atoms with E-state index in [9.17, 15) is 29.4 Å². The molecule has 0 bridgehead atoms. The Morgan fingerprint density at radius 3 is 2.16 bits per heavy atom. The number of nitrogens with one attached hydrogen (secondary N) is 3. The lowest BCUT2D eigenvalue weighted by Crippen LogP contribution is -2.56. The van der Waals surface area contributed by atoms with E-state index >= 15 is 0 Å². The molecule has 1 aromatic heterocycles. The molecule has 2 rings (SSSR count). The fourth-order valence-electron chi connectivity index (χ4n) is 4.80. The van der Waals surface area contributed by atoms with E-state index in [1.807, 2.05) is 51.2 Å². The number of unbranched alkanes of at least 4 members (excludes halogenated alkanes) is 2. The first kappa shape index (κ1) is 39.3. The highest BCUT2D eigenvalue weighted by molar-refractivity contribution is 5.93. The Labute approximate surface area is 267 Å². The number of amides is 3. The summed E-state index contributed by atoms with van der Waals surface area (Å²) in [7, 11) is 0. The Bertz CT molecular complexity index is 1180. The van der Waals surface area contributed by atoms with Gasteiger partial charge < -0.3 is 36.5 Å². The van der Waals surface area contributed by atoms with Gasteiger partial charge in [0.25, 0.3) is 0 Å². The predicted molar refractivity (Wildman–Crippen MR) is 174 cm³/mol. The van der Waals surface area contributed by atoms with Crippen molar-refractivity contribution in [1.82, 2.24) is 25.5 Å². The highest BCUT2D eigenvalue weighted by Crippen LogP contribution is 2.12. The van der Waals surface area contributed by atoms with Gasteiger partial charge in [0, 0.05) is 18.9 Å². The van der Waals surface area contributed by atoms with Crippen LogP contribution in [-0.4, -0.2) is 74.7 Å². The van der Waals surface area contributed by atoms with Crippen molar-refractivity contribution in [3.05, 3.63) is 53.6 Å². The van der Waals surface area contributed by atoms with Gasteiger partial charge in [-0.2, -0.15) is 0 Å². The van der Waals surface area contributed by atoms with Gasteiger partial charge in [-0.3, -0.25) is 14.4 Å². The lowest BCUT2D eigenvalue weighted by atomic mass is 9.98. The lowest BCUT2D eigenvalue weighted by molar-refractivity contribution is -0.143. The average Bonchev–Trinajstić information content (AvgIpc) is 3.41. The number of nitrogens with two attached hydrogens (primary N) is 1. The van der Waals surface area contributed by atoms with Crippen molar-refractivity contribution in [2.45, 2.75) is 111 Å². The number of aliphatic carboxylic acids is 1. The number of carboxylic acid groups (broad SMARTS) is 1. The van der Waals surface area contributed by atoms with Gasteiger partial charge in [0.2, 0.25) is 17.7 Å². The molecule has 0 aliphatic heterocycles. The van der Waals surface area contributed by atoms with Crippen LogP contribution < -0.4 is 21.7 Å². The van der Waals surface area contributed by atoms with E-state index in [0.29, 0.717) is 19.4 Å². The second-order valence-corrected chi connectivity index (χ2v) is 11.4. The maximum Gasteiger partial charge on any atom is 0.326 e. The Balaban J connectivity index is 0.0000101. The number of carbonyl (C=O) groups is 4. The van der Waals surface area contributed by atoms with Gasteiger partial charge >= 0.3 is 5.97 Å². The minimum absolute atomic E-state index is 0. The standard InChI is InChI=1S/C32H50N6O6.CH4/c1-4-22(2)19-27(32(43)44)37-30(41)26(10-5-7-15-33)36-31(42)28(21-39)35-29(40)20-25-13-11-24(12-14-25)9-6-8-17-38-18-16-34-23(38)3;/h11-14,16,18,22,26-28,39H,4-10,15,17,19-21,33H2,1-3H3,(H,35,40)(H,36,42)(H,37,41)(H,43,44);1H4/t22?,26-,27-,28-;/m0./s1. The Kier molecular flexibility index (Phi) is 18.4. The summed E-state index contributed by atoms with van der Waals surface area (Å²) >= 11 is 0. The summed E-state index contributed by atoms with van der Waals surface area (Å²) in [5, 5.41) is 27.1. The molecule has 0 aliphatic rings. The lowest BCUT2D eigenvalue weighted by Gasteiger charge is -2.24. The number of aryl methyl sites for hydroxylation is 3. The molecule has 45 heavy (non-hydrogen) atoms. The molecule has 0 radical (unpaired) electrons. The molecule has 7 N–H and O–H groups in total.